The van der Waals surface area contributed by atoms with Crippen LogP contribution < -0.4 is 16.6 Å². The molecule has 26 heavy (non-hydrogen) atoms. The minimum atomic E-state index is -0.563. The van der Waals surface area contributed by atoms with Crippen molar-refractivity contribution in [3.8, 4) is 0 Å². The zero-order valence-electron chi connectivity index (χ0n) is 15.1. The van der Waals surface area contributed by atoms with Gasteiger partial charge in [0.25, 0.3) is 11.5 Å². The number of carbonyl (C=O) groups is 1. The van der Waals surface area contributed by atoms with Crippen LogP contribution in [0.15, 0.2) is 40.1 Å². The van der Waals surface area contributed by atoms with Gasteiger partial charge in [0, 0.05) is 13.2 Å². The van der Waals surface area contributed by atoms with Gasteiger partial charge in [0.05, 0.1) is 17.0 Å². The lowest BCUT2D eigenvalue weighted by molar-refractivity contribution is 0.0939. The first-order valence-electron chi connectivity index (χ1n) is 8.25. The topological polar surface area (TPSA) is 96.8 Å². The first kappa shape index (κ1) is 17.6. The quantitative estimate of drug-likeness (QED) is 0.750. The van der Waals surface area contributed by atoms with Gasteiger partial charge in [0.2, 0.25) is 0 Å². The second-order valence-corrected chi connectivity index (χ2v) is 6.45. The Morgan fingerprint density at radius 3 is 2.62 bits per heavy atom. The summed E-state index contributed by atoms with van der Waals surface area (Å²) in [4.78, 5) is 42.5. The molecular weight excluding hydrogens is 332 g/mol. The van der Waals surface area contributed by atoms with Crippen molar-refractivity contribution < 1.29 is 4.79 Å². The van der Waals surface area contributed by atoms with E-state index in [-0.39, 0.29) is 28.5 Å². The number of hydrogen-bond donors (Lipinski definition) is 2. The maximum absolute atomic E-state index is 12.6. The Labute approximate surface area is 149 Å². The summed E-state index contributed by atoms with van der Waals surface area (Å²) in [7, 11) is 1.51. The Balaban J connectivity index is 1.91. The van der Waals surface area contributed by atoms with Crippen molar-refractivity contribution in [1.29, 1.82) is 0 Å². The van der Waals surface area contributed by atoms with Crippen LogP contribution in [0.2, 0.25) is 0 Å². The number of fused-ring (bicyclic) bond motifs is 1. The summed E-state index contributed by atoms with van der Waals surface area (Å²) in [6.45, 7) is 5.96. The van der Waals surface area contributed by atoms with Crippen molar-refractivity contribution in [2.24, 2.45) is 7.05 Å². The second-order valence-electron chi connectivity index (χ2n) is 6.45. The zero-order chi connectivity index (χ0) is 19.0. The van der Waals surface area contributed by atoms with Crippen LogP contribution in [0.1, 0.15) is 40.0 Å². The van der Waals surface area contributed by atoms with Gasteiger partial charge in [-0.15, -0.1) is 0 Å². The molecule has 7 nitrogen and oxygen atoms in total. The third-order valence-corrected chi connectivity index (χ3v) is 4.59. The molecule has 1 aromatic carbocycles. The molecule has 2 heterocycles. The Kier molecular flexibility index (Phi) is 4.46. The van der Waals surface area contributed by atoms with Crippen molar-refractivity contribution in [2.45, 2.75) is 26.8 Å². The van der Waals surface area contributed by atoms with Crippen molar-refractivity contribution in [3.05, 3.63) is 73.6 Å². The summed E-state index contributed by atoms with van der Waals surface area (Å²) in [5.41, 5.74) is 2.73. The summed E-state index contributed by atoms with van der Waals surface area (Å²) in [6.07, 6.45) is 1.36. The molecule has 0 aliphatic heterocycles. The molecule has 0 aliphatic rings. The highest BCUT2D eigenvalue weighted by Crippen LogP contribution is 2.17. The van der Waals surface area contributed by atoms with Gasteiger partial charge in [0.1, 0.15) is 5.65 Å². The number of nitrogens with one attached hydrogen (secondary N) is 2. The summed E-state index contributed by atoms with van der Waals surface area (Å²) in [5, 5.41) is 3.10. The molecule has 0 saturated carbocycles. The molecule has 134 valence electrons. The molecule has 7 heteroatoms. The summed E-state index contributed by atoms with van der Waals surface area (Å²) in [5.74, 6) is -0.335. The number of amides is 1. The van der Waals surface area contributed by atoms with Gasteiger partial charge < -0.3 is 5.32 Å². The first-order chi connectivity index (χ1) is 12.3. The minimum absolute atomic E-state index is 0.193. The van der Waals surface area contributed by atoms with Crippen molar-refractivity contribution in [1.82, 2.24) is 19.9 Å². The molecule has 0 bridgehead atoms. The molecule has 3 aromatic rings. The van der Waals surface area contributed by atoms with Crippen molar-refractivity contribution in [2.75, 3.05) is 0 Å². The number of aromatic nitrogens is 3. The molecule has 2 N–H and O–H groups in total. The Morgan fingerprint density at radius 1 is 1.19 bits per heavy atom. The first-order valence-corrected chi connectivity index (χ1v) is 8.25. The molecule has 1 amide bonds. The number of hydrogen-bond acceptors (Lipinski definition) is 4. The van der Waals surface area contributed by atoms with Gasteiger partial charge in [-0.3, -0.25) is 19.1 Å². The molecule has 2 aromatic heterocycles. The number of aryl methyl sites for hydroxylation is 3. The molecule has 0 spiro atoms. The minimum Gasteiger partial charge on any atom is -0.345 e. The fourth-order valence-electron chi connectivity index (χ4n) is 2.76. The van der Waals surface area contributed by atoms with Gasteiger partial charge in [-0.2, -0.15) is 0 Å². The fraction of sp³-hybridized carbons (Fsp3) is 0.263. The van der Waals surface area contributed by atoms with E-state index in [2.05, 4.69) is 15.3 Å². The zero-order valence-corrected chi connectivity index (χ0v) is 15.1. The summed E-state index contributed by atoms with van der Waals surface area (Å²) >= 11 is 0. The van der Waals surface area contributed by atoms with E-state index < -0.39 is 11.2 Å². The van der Waals surface area contributed by atoms with Crippen molar-refractivity contribution >= 4 is 16.9 Å². The standard InChI is InChI=1S/C19H20N4O3/c1-10-5-6-13(7-11(10)2)12(3)21-17(24)14-8-15-16(20-9-14)23(4)19(26)22-18(15)25/h5-9,12H,1-4H3,(H,21,24)(H,22,25,26). The van der Waals surface area contributed by atoms with Gasteiger partial charge in [-0.05, 0) is 43.5 Å². The SMILES string of the molecule is Cc1ccc(C(C)NC(=O)c2cnc3c(c2)c(=O)[nH]c(=O)n3C)cc1C. The number of H-pyrrole nitrogens is 1. The summed E-state index contributed by atoms with van der Waals surface area (Å²) in [6, 6.07) is 7.29. The highest BCUT2D eigenvalue weighted by molar-refractivity contribution is 5.96. The number of benzene rings is 1. The van der Waals surface area contributed by atoms with E-state index in [1.165, 1.54) is 29.4 Å². The van der Waals surface area contributed by atoms with E-state index in [0.29, 0.717) is 0 Å². The average Bonchev–Trinajstić information content (AvgIpc) is 2.61. The van der Waals surface area contributed by atoms with E-state index in [0.717, 1.165) is 11.1 Å². The molecule has 1 atom stereocenters. The number of aromatic amines is 1. The fourth-order valence-corrected chi connectivity index (χ4v) is 2.76. The highest BCUT2D eigenvalue weighted by Gasteiger charge is 2.15. The molecule has 3 rings (SSSR count). The molecule has 0 fully saturated rings. The van der Waals surface area contributed by atoms with Crippen LogP contribution in [0.5, 0.6) is 0 Å². The lowest BCUT2D eigenvalue weighted by Gasteiger charge is -2.16. The van der Waals surface area contributed by atoms with Crippen LogP contribution in [-0.4, -0.2) is 20.4 Å². The largest absolute Gasteiger partial charge is 0.345 e. The van der Waals surface area contributed by atoms with Crippen molar-refractivity contribution in [3.63, 3.8) is 0 Å². The third kappa shape index (κ3) is 3.15. The van der Waals surface area contributed by atoms with E-state index in [9.17, 15) is 14.4 Å². The van der Waals surface area contributed by atoms with Gasteiger partial charge in [0.15, 0.2) is 0 Å². The normalized spacial score (nSPS) is 12.2. The third-order valence-electron chi connectivity index (χ3n) is 4.59. The monoisotopic (exact) mass is 352 g/mol. The Morgan fingerprint density at radius 2 is 1.92 bits per heavy atom. The Bertz CT molecular complexity index is 1130. The molecular formula is C19H20N4O3. The molecule has 0 radical (unpaired) electrons. The lowest BCUT2D eigenvalue weighted by Crippen LogP contribution is -2.30. The maximum Gasteiger partial charge on any atom is 0.329 e. The molecule has 1 unspecified atom stereocenters. The number of pyridine rings is 1. The summed E-state index contributed by atoms with van der Waals surface area (Å²) < 4.78 is 1.23. The van der Waals surface area contributed by atoms with E-state index in [1.807, 2.05) is 39.0 Å². The molecule has 0 aliphatic carbocycles. The number of carbonyl (C=O) groups excluding carboxylic acids is 1. The average molecular weight is 352 g/mol. The lowest BCUT2D eigenvalue weighted by atomic mass is 10.0. The highest BCUT2D eigenvalue weighted by atomic mass is 16.2. The second kappa shape index (κ2) is 6.59. The van der Waals surface area contributed by atoms with E-state index in [4.69, 9.17) is 0 Å². The van der Waals surface area contributed by atoms with E-state index >= 15 is 0 Å². The van der Waals surface area contributed by atoms with Crippen LogP contribution in [0.25, 0.3) is 11.0 Å². The van der Waals surface area contributed by atoms with Crippen LogP contribution >= 0.6 is 0 Å². The van der Waals surface area contributed by atoms with Crippen LogP contribution in [0, 0.1) is 13.8 Å². The Hall–Kier alpha value is -3.22. The van der Waals surface area contributed by atoms with Crippen LogP contribution in [-0.2, 0) is 7.05 Å². The predicted molar refractivity (Wildman–Crippen MR) is 99.4 cm³/mol. The number of rotatable bonds is 3. The number of nitrogens with zero attached hydrogens (tertiary/aromatic N) is 2. The van der Waals surface area contributed by atoms with Gasteiger partial charge in [-0.25, -0.2) is 9.78 Å². The maximum atomic E-state index is 12.6. The van der Waals surface area contributed by atoms with E-state index in [1.54, 1.807) is 0 Å². The van der Waals surface area contributed by atoms with Gasteiger partial charge >= 0.3 is 5.69 Å². The van der Waals surface area contributed by atoms with Gasteiger partial charge in [-0.1, -0.05) is 18.2 Å². The smallest absolute Gasteiger partial charge is 0.329 e. The van der Waals surface area contributed by atoms with Crippen LogP contribution in [0.3, 0.4) is 0 Å². The van der Waals surface area contributed by atoms with Crippen LogP contribution in [0.4, 0.5) is 0 Å². The predicted octanol–water partition coefficient (Wildman–Crippen LogP) is 1.73. The molecule has 0 saturated heterocycles.